The van der Waals surface area contributed by atoms with E-state index in [4.69, 9.17) is 4.74 Å². The number of nitrogens with zero attached hydrogens (tertiary/aromatic N) is 3. The molecule has 2 aromatic carbocycles. The zero-order valence-electron chi connectivity index (χ0n) is 21.5. The highest BCUT2D eigenvalue weighted by Crippen LogP contribution is 2.38. The Hall–Kier alpha value is -4.04. The fourth-order valence-electron chi connectivity index (χ4n) is 4.95. The van der Waals surface area contributed by atoms with Crippen LogP contribution in [0.4, 0.5) is 10.9 Å². The first kappa shape index (κ1) is 25.6. The second-order valence-electron chi connectivity index (χ2n) is 9.30. The second kappa shape index (κ2) is 11.1. The molecule has 1 saturated heterocycles. The Labute approximate surface area is 226 Å². The van der Waals surface area contributed by atoms with Gasteiger partial charge < -0.3 is 9.64 Å². The number of carbonyl (C=O) groups is 2. The van der Waals surface area contributed by atoms with Gasteiger partial charge in [-0.2, -0.15) is 0 Å². The van der Waals surface area contributed by atoms with Crippen LogP contribution in [0.1, 0.15) is 40.6 Å². The van der Waals surface area contributed by atoms with E-state index < -0.39 is 5.41 Å². The maximum absolute atomic E-state index is 13.0. The van der Waals surface area contributed by atoms with Crippen LogP contribution in [0.3, 0.4) is 0 Å². The van der Waals surface area contributed by atoms with Crippen molar-refractivity contribution in [3.63, 3.8) is 0 Å². The third-order valence-corrected chi connectivity index (χ3v) is 7.89. The zero-order chi connectivity index (χ0) is 26.5. The Balaban J connectivity index is 1.25. The van der Waals surface area contributed by atoms with Gasteiger partial charge in [0.2, 0.25) is 0 Å². The molecular formula is C30H30N4O3S. The molecule has 38 heavy (non-hydrogen) atoms. The summed E-state index contributed by atoms with van der Waals surface area (Å²) in [7, 11) is 0. The van der Waals surface area contributed by atoms with Crippen LogP contribution in [0.2, 0.25) is 0 Å². The molecule has 8 heteroatoms. The van der Waals surface area contributed by atoms with Gasteiger partial charge in [0, 0.05) is 29.7 Å². The minimum absolute atomic E-state index is 0.168. The smallest absolute Gasteiger partial charge is 0.316 e. The molecule has 3 heterocycles. The molecule has 4 aromatic rings. The summed E-state index contributed by atoms with van der Waals surface area (Å²) in [4.78, 5) is 38.3. The molecule has 0 atom stereocenters. The fraction of sp³-hybridized carbons (Fsp3) is 0.267. The number of carbonyl (C=O) groups excluding carboxylic acids is 2. The monoisotopic (exact) mass is 526 g/mol. The lowest BCUT2D eigenvalue weighted by atomic mass is 9.72. The van der Waals surface area contributed by atoms with Crippen LogP contribution in [0.15, 0.2) is 79.0 Å². The number of piperidine rings is 1. The Morgan fingerprint density at radius 3 is 2.32 bits per heavy atom. The van der Waals surface area contributed by atoms with E-state index >= 15 is 0 Å². The normalized spacial score (nSPS) is 14.6. The van der Waals surface area contributed by atoms with Gasteiger partial charge in [0.25, 0.3) is 5.91 Å². The standard InChI is InChI=1S/C30H30N4O3S/c1-3-37-28(36)30(24-12-8-5-9-13-24)16-18-34(19-17-30)25-15-14-23(20-31-25)27(35)33-29-32-26(21(2)38-29)22-10-6-4-7-11-22/h4-15,20H,3,16-19H2,1-2H3,(H,32,33,35). The molecule has 5 rings (SSSR count). The summed E-state index contributed by atoms with van der Waals surface area (Å²) in [6, 6.07) is 23.5. The number of thiazole rings is 1. The third-order valence-electron chi connectivity index (χ3n) is 7.01. The lowest BCUT2D eigenvalue weighted by molar-refractivity contribution is -0.151. The van der Waals surface area contributed by atoms with E-state index in [1.165, 1.54) is 11.3 Å². The van der Waals surface area contributed by atoms with Gasteiger partial charge in [0.1, 0.15) is 5.82 Å². The average Bonchev–Trinajstić information content (AvgIpc) is 3.33. The van der Waals surface area contributed by atoms with Crippen molar-refractivity contribution >= 4 is 34.2 Å². The van der Waals surface area contributed by atoms with E-state index in [2.05, 4.69) is 20.2 Å². The van der Waals surface area contributed by atoms with E-state index in [1.54, 1.807) is 12.3 Å². The molecule has 0 bridgehead atoms. The summed E-state index contributed by atoms with van der Waals surface area (Å²) in [6.45, 7) is 5.51. The van der Waals surface area contributed by atoms with Gasteiger partial charge in [-0.05, 0) is 44.4 Å². The molecule has 0 spiro atoms. The molecule has 7 nitrogen and oxygen atoms in total. The van der Waals surface area contributed by atoms with Crippen LogP contribution in [-0.2, 0) is 14.9 Å². The van der Waals surface area contributed by atoms with Crippen LogP contribution in [0, 0.1) is 6.92 Å². The van der Waals surface area contributed by atoms with Crippen molar-refractivity contribution in [3.05, 3.63) is 95.0 Å². The number of pyridine rings is 1. The summed E-state index contributed by atoms with van der Waals surface area (Å²) < 4.78 is 5.48. The minimum atomic E-state index is -0.655. The molecule has 1 aliphatic rings. The topological polar surface area (TPSA) is 84.4 Å². The quantitative estimate of drug-likeness (QED) is 0.303. The highest BCUT2D eigenvalue weighted by molar-refractivity contribution is 7.16. The van der Waals surface area contributed by atoms with E-state index in [0.29, 0.717) is 43.2 Å². The lowest BCUT2D eigenvalue weighted by Gasteiger charge is -2.40. The third kappa shape index (κ3) is 5.17. The molecule has 1 fully saturated rings. The Morgan fingerprint density at radius 2 is 1.68 bits per heavy atom. The van der Waals surface area contributed by atoms with Crippen LogP contribution in [0.5, 0.6) is 0 Å². The number of hydrogen-bond donors (Lipinski definition) is 1. The molecule has 1 N–H and O–H groups in total. The average molecular weight is 527 g/mol. The van der Waals surface area contributed by atoms with Gasteiger partial charge in [-0.15, -0.1) is 11.3 Å². The van der Waals surface area contributed by atoms with Gasteiger partial charge in [-0.25, -0.2) is 9.97 Å². The number of hydrogen-bond acceptors (Lipinski definition) is 7. The Morgan fingerprint density at radius 1 is 1.00 bits per heavy atom. The van der Waals surface area contributed by atoms with Crippen molar-refractivity contribution < 1.29 is 14.3 Å². The van der Waals surface area contributed by atoms with Crippen molar-refractivity contribution in [2.45, 2.75) is 32.1 Å². The van der Waals surface area contributed by atoms with E-state index in [0.717, 1.165) is 27.5 Å². The Kier molecular flexibility index (Phi) is 7.51. The zero-order valence-corrected chi connectivity index (χ0v) is 22.3. The van der Waals surface area contributed by atoms with Crippen molar-refractivity contribution in [1.29, 1.82) is 0 Å². The maximum atomic E-state index is 13.0. The van der Waals surface area contributed by atoms with E-state index in [-0.39, 0.29) is 11.9 Å². The number of anilines is 2. The van der Waals surface area contributed by atoms with Crippen LogP contribution >= 0.6 is 11.3 Å². The lowest BCUT2D eigenvalue weighted by Crippen LogP contribution is -2.48. The summed E-state index contributed by atoms with van der Waals surface area (Å²) in [5.74, 6) is 0.365. The van der Waals surface area contributed by atoms with Crippen molar-refractivity contribution in [3.8, 4) is 11.3 Å². The molecule has 0 aliphatic carbocycles. The summed E-state index contributed by atoms with van der Waals surface area (Å²) >= 11 is 1.45. The van der Waals surface area contributed by atoms with Crippen LogP contribution in [-0.4, -0.2) is 41.5 Å². The number of benzene rings is 2. The highest BCUT2D eigenvalue weighted by atomic mass is 32.1. The molecule has 0 saturated carbocycles. The molecule has 194 valence electrons. The summed E-state index contributed by atoms with van der Waals surface area (Å²) in [5, 5.41) is 3.46. The Bertz CT molecular complexity index is 1400. The predicted molar refractivity (Wildman–Crippen MR) is 151 cm³/mol. The number of ether oxygens (including phenoxy) is 1. The van der Waals surface area contributed by atoms with Gasteiger partial charge in [-0.3, -0.25) is 14.9 Å². The summed E-state index contributed by atoms with van der Waals surface area (Å²) in [6.07, 6.45) is 2.85. The van der Waals surface area contributed by atoms with Gasteiger partial charge >= 0.3 is 5.97 Å². The van der Waals surface area contributed by atoms with Crippen molar-refractivity contribution in [2.75, 3.05) is 29.9 Å². The number of amides is 1. The molecule has 2 aromatic heterocycles. The minimum Gasteiger partial charge on any atom is -0.465 e. The molecular weight excluding hydrogens is 496 g/mol. The van der Waals surface area contributed by atoms with Gasteiger partial charge in [0.05, 0.1) is 23.3 Å². The van der Waals surface area contributed by atoms with Crippen LogP contribution in [0.25, 0.3) is 11.3 Å². The largest absolute Gasteiger partial charge is 0.465 e. The second-order valence-corrected chi connectivity index (χ2v) is 10.5. The van der Waals surface area contributed by atoms with Crippen molar-refractivity contribution in [2.24, 2.45) is 0 Å². The first-order valence-corrected chi connectivity index (χ1v) is 13.6. The molecule has 0 unspecified atom stereocenters. The number of aryl methyl sites for hydroxylation is 1. The molecule has 1 amide bonds. The molecule has 0 radical (unpaired) electrons. The molecule has 1 aliphatic heterocycles. The van der Waals surface area contributed by atoms with Crippen molar-refractivity contribution in [1.82, 2.24) is 9.97 Å². The highest BCUT2D eigenvalue weighted by Gasteiger charge is 2.44. The van der Waals surface area contributed by atoms with Crippen LogP contribution < -0.4 is 10.2 Å². The summed E-state index contributed by atoms with van der Waals surface area (Å²) in [5.41, 5.74) is 2.70. The maximum Gasteiger partial charge on any atom is 0.316 e. The van der Waals surface area contributed by atoms with E-state index in [1.807, 2.05) is 80.6 Å². The number of nitrogens with one attached hydrogen (secondary N) is 1. The number of aromatic nitrogens is 2. The number of esters is 1. The fourth-order valence-corrected chi connectivity index (χ4v) is 5.78. The van der Waals surface area contributed by atoms with E-state index in [9.17, 15) is 9.59 Å². The first-order chi connectivity index (χ1) is 18.5. The van der Waals surface area contributed by atoms with Gasteiger partial charge in [0.15, 0.2) is 5.13 Å². The SMILES string of the molecule is CCOC(=O)C1(c2ccccc2)CCN(c2ccc(C(=O)Nc3nc(-c4ccccc4)c(C)s3)cn2)CC1. The van der Waals surface area contributed by atoms with Gasteiger partial charge in [-0.1, -0.05) is 60.7 Å². The predicted octanol–water partition coefficient (Wildman–Crippen LogP) is 5.87. The first-order valence-electron chi connectivity index (χ1n) is 12.8. The number of rotatable bonds is 7.